The number of aromatic nitrogens is 4. The maximum atomic E-state index is 13.0. The van der Waals surface area contributed by atoms with E-state index in [2.05, 4.69) is 33.9 Å². The minimum absolute atomic E-state index is 0.331. The molecular formula is C20H28N6O2S3. The van der Waals surface area contributed by atoms with Crippen LogP contribution in [0.25, 0.3) is 11.0 Å². The highest BCUT2D eigenvalue weighted by Crippen LogP contribution is 2.30. The molecule has 0 radical (unpaired) electrons. The number of imidazole rings is 1. The van der Waals surface area contributed by atoms with Gasteiger partial charge in [-0.2, -0.15) is 4.31 Å². The summed E-state index contributed by atoms with van der Waals surface area (Å²) in [7, 11) is -3.47. The molecule has 11 heteroatoms. The lowest BCUT2D eigenvalue weighted by Gasteiger charge is -2.25. The molecule has 1 aromatic carbocycles. The fraction of sp³-hybridized carbons (Fsp3) is 0.550. The van der Waals surface area contributed by atoms with E-state index in [0.29, 0.717) is 23.7 Å². The first kappa shape index (κ1) is 22.5. The topological polar surface area (TPSA) is 93.0 Å². The van der Waals surface area contributed by atoms with Crippen LogP contribution in [0, 0.1) is 0 Å². The van der Waals surface area contributed by atoms with Crippen LogP contribution in [0.3, 0.4) is 0 Å². The van der Waals surface area contributed by atoms with Crippen LogP contribution in [-0.2, 0) is 22.3 Å². The number of nitrogens with one attached hydrogen (secondary N) is 1. The van der Waals surface area contributed by atoms with Gasteiger partial charge in [-0.25, -0.2) is 13.4 Å². The summed E-state index contributed by atoms with van der Waals surface area (Å²) in [6.45, 7) is 7.04. The molecule has 1 aliphatic rings. The van der Waals surface area contributed by atoms with Crippen LogP contribution in [-0.4, -0.2) is 52.1 Å². The highest BCUT2D eigenvalue weighted by Gasteiger charge is 2.26. The minimum Gasteiger partial charge on any atom is -0.360 e. The Bertz CT molecular complexity index is 1140. The van der Waals surface area contributed by atoms with Crippen LogP contribution in [0.5, 0.6) is 0 Å². The summed E-state index contributed by atoms with van der Waals surface area (Å²) in [6, 6.07) is 5.32. The van der Waals surface area contributed by atoms with E-state index in [1.807, 2.05) is 6.07 Å². The zero-order chi connectivity index (χ0) is 21.8. The highest BCUT2D eigenvalue weighted by atomic mass is 32.2. The number of sulfonamides is 1. The van der Waals surface area contributed by atoms with Crippen molar-refractivity contribution in [3.05, 3.63) is 24.0 Å². The number of anilines is 1. The van der Waals surface area contributed by atoms with Crippen molar-refractivity contribution in [1.82, 2.24) is 24.1 Å². The molecule has 3 aromatic rings. The number of thioether (sulfide) groups is 1. The molecule has 0 unspecified atom stereocenters. The average Bonchev–Trinajstić information content (AvgIpc) is 3.39. The van der Waals surface area contributed by atoms with Gasteiger partial charge in [-0.15, -0.1) is 10.2 Å². The smallest absolute Gasteiger partial charge is 0.243 e. The molecular weight excluding hydrogens is 452 g/mol. The molecule has 0 bridgehead atoms. The van der Waals surface area contributed by atoms with Crippen LogP contribution in [0.15, 0.2) is 27.4 Å². The number of nitrogens with zero attached hydrogens (tertiary/aromatic N) is 5. The molecule has 1 aliphatic heterocycles. The van der Waals surface area contributed by atoms with E-state index in [9.17, 15) is 8.42 Å². The molecule has 1 fully saturated rings. The van der Waals surface area contributed by atoms with Crippen molar-refractivity contribution < 1.29 is 8.42 Å². The Hall–Kier alpha value is -1.69. The molecule has 168 valence electrons. The normalized spacial score (nSPS) is 15.5. The van der Waals surface area contributed by atoms with Crippen molar-refractivity contribution >= 4 is 49.3 Å². The molecule has 0 amide bonds. The summed E-state index contributed by atoms with van der Waals surface area (Å²) in [4.78, 5) is 5.11. The van der Waals surface area contributed by atoms with E-state index in [1.54, 1.807) is 39.5 Å². The van der Waals surface area contributed by atoms with Crippen molar-refractivity contribution in [2.45, 2.75) is 61.1 Å². The number of aryl methyl sites for hydroxylation is 1. The molecule has 0 aliphatic carbocycles. The van der Waals surface area contributed by atoms with Gasteiger partial charge in [-0.05, 0) is 44.4 Å². The lowest BCUT2D eigenvalue weighted by Crippen LogP contribution is -2.35. The summed E-state index contributed by atoms with van der Waals surface area (Å²) in [5.74, 6) is 1.56. The molecule has 3 heterocycles. The van der Waals surface area contributed by atoms with E-state index in [-0.39, 0.29) is 0 Å². The van der Waals surface area contributed by atoms with Crippen molar-refractivity contribution in [2.75, 3.05) is 25.0 Å². The third kappa shape index (κ3) is 4.89. The van der Waals surface area contributed by atoms with Crippen LogP contribution >= 0.6 is 23.1 Å². The second-order valence-electron chi connectivity index (χ2n) is 7.48. The maximum absolute atomic E-state index is 13.0. The number of hydrogen-bond donors (Lipinski definition) is 1. The van der Waals surface area contributed by atoms with Gasteiger partial charge in [0.1, 0.15) is 5.82 Å². The second kappa shape index (κ2) is 9.85. The Morgan fingerprint density at radius 1 is 1.16 bits per heavy atom. The zero-order valence-corrected chi connectivity index (χ0v) is 20.3. The number of benzene rings is 1. The van der Waals surface area contributed by atoms with Gasteiger partial charge in [-0.1, -0.05) is 36.4 Å². The second-order valence-corrected chi connectivity index (χ2v) is 11.6. The van der Waals surface area contributed by atoms with Gasteiger partial charge >= 0.3 is 0 Å². The average molecular weight is 481 g/mol. The van der Waals surface area contributed by atoms with Crippen LogP contribution in [0.4, 0.5) is 5.13 Å². The van der Waals surface area contributed by atoms with Gasteiger partial charge in [0.15, 0.2) is 4.34 Å². The third-order valence-corrected chi connectivity index (χ3v) is 9.23. The molecule has 31 heavy (non-hydrogen) atoms. The largest absolute Gasteiger partial charge is 0.360 e. The van der Waals surface area contributed by atoms with Crippen LogP contribution in [0.1, 0.15) is 45.4 Å². The summed E-state index contributed by atoms with van der Waals surface area (Å²) in [5.41, 5.74) is 1.68. The quantitative estimate of drug-likeness (QED) is 0.459. The van der Waals surface area contributed by atoms with Gasteiger partial charge in [0.2, 0.25) is 15.2 Å². The molecule has 1 N–H and O–H groups in total. The Morgan fingerprint density at radius 2 is 1.97 bits per heavy atom. The Labute approximate surface area is 191 Å². The van der Waals surface area contributed by atoms with Crippen molar-refractivity contribution in [2.24, 2.45) is 0 Å². The first-order chi connectivity index (χ1) is 15.0. The van der Waals surface area contributed by atoms with Gasteiger partial charge in [0.05, 0.1) is 21.7 Å². The maximum Gasteiger partial charge on any atom is 0.243 e. The predicted molar refractivity (Wildman–Crippen MR) is 126 cm³/mol. The standard InChI is InChI=1S/C20H28N6O2S3/c1-3-10-21-19-23-24-20(30-19)29-14-18-22-16-13-15(8-9-17(16)26(18)4-2)31(27,28)25-11-6-5-7-12-25/h8-9,13H,3-7,10-12,14H2,1-2H3,(H,21,23). The number of rotatable bonds is 9. The SMILES string of the molecule is CCCNc1nnc(SCc2nc3cc(S(=O)(=O)N4CCCCC4)ccc3n2CC)s1. The van der Waals surface area contributed by atoms with E-state index in [1.165, 1.54) is 0 Å². The van der Waals surface area contributed by atoms with Crippen molar-refractivity contribution in [3.8, 4) is 0 Å². The van der Waals surface area contributed by atoms with Gasteiger partial charge in [0, 0.05) is 26.2 Å². The van der Waals surface area contributed by atoms with Gasteiger partial charge in [0.25, 0.3) is 0 Å². The lowest BCUT2D eigenvalue weighted by atomic mass is 10.2. The van der Waals surface area contributed by atoms with Crippen LogP contribution in [0.2, 0.25) is 0 Å². The summed E-state index contributed by atoms with van der Waals surface area (Å²) in [5, 5.41) is 12.5. The van der Waals surface area contributed by atoms with Crippen molar-refractivity contribution in [3.63, 3.8) is 0 Å². The Kier molecular flexibility index (Phi) is 7.15. The third-order valence-electron chi connectivity index (χ3n) is 5.33. The van der Waals surface area contributed by atoms with Crippen LogP contribution < -0.4 is 5.32 Å². The molecule has 0 spiro atoms. The monoisotopic (exact) mass is 480 g/mol. The number of hydrogen-bond acceptors (Lipinski definition) is 8. The van der Waals surface area contributed by atoms with E-state index < -0.39 is 10.0 Å². The van der Waals surface area contributed by atoms with Gasteiger partial charge in [-0.3, -0.25) is 0 Å². The number of piperidine rings is 1. The molecule has 4 rings (SSSR count). The molecule has 0 atom stereocenters. The lowest BCUT2D eigenvalue weighted by molar-refractivity contribution is 0.346. The zero-order valence-electron chi connectivity index (χ0n) is 17.9. The minimum atomic E-state index is -3.47. The summed E-state index contributed by atoms with van der Waals surface area (Å²) >= 11 is 3.14. The Morgan fingerprint density at radius 3 is 2.71 bits per heavy atom. The fourth-order valence-electron chi connectivity index (χ4n) is 3.74. The molecule has 1 saturated heterocycles. The van der Waals surface area contributed by atoms with E-state index >= 15 is 0 Å². The van der Waals surface area contributed by atoms with E-state index in [4.69, 9.17) is 4.98 Å². The van der Waals surface area contributed by atoms with Gasteiger partial charge < -0.3 is 9.88 Å². The highest BCUT2D eigenvalue weighted by molar-refractivity contribution is 8.00. The first-order valence-corrected chi connectivity index (χ1v) is 14.0. The van der Waals surface area contributed by atoms with E-state index in [0.717, 1.165) is 65.1 Å². The first-order valence-electron chi connectivity index (χ1n) is 10.7. The summed E-state index contributed by atoms with van der Waals surface area (Å²) < 4.78 is 30.7. The van der Waals surface area contributed by atoms with Crippen molar-refractivity contribution in [1.29, 1.82) is 0 Å². The summed E-state index contributed by atoms with van der Waals surface area (Å²) in [6.07, 6.45) is 3.99. The molecule has 8 nitrogen and oxygen atoms in total. The molecule has 0 saturated carbocycles. The number of fused-ring (bicyclic) bond motifs is 1. The Balaban J connectivity index is 1.55. The fourth-order valence-corrected chi connectivity index (χ4v) is 7.00. The predicted octanol–water partition coefficient (Wildman–Crippen LogP) is 4.20. The molecule has 2 aromatic heterocycles.